The van der Waals surface area contributed by atoms with Gasteiger partial charge in [0.25, 0.3) is 0 Å². The van der Waals surface area contributed by atoms with Gasteiger partial charge in [0, 0.05) is 5.56 Å². The maximum absolute atomic E-state index is 10.7. The number of aryl methyl sites for hydroxylation is 1. The molecule has 0 aromatic heterocycles. The molecule has 2 rings (SSSR count). The predicted molar refractivity (Wildman–Crippen MR) is 74.0 cm³/mol. The Labute approximate surface area is 112 Å². The summed E-state index contributed by atoms with van der Waals surface area (Å²) < 4.78 is 11.1. The molecule has 0 N–H and O–H groups in total. The molecule has 2 aromatic rings. The van der Waals surface area contributed by atoms with E-state index in [2.05, 4.69) is 0 Å². The number of carbonyl (C=O) groups is 1. The third-order valence-electron chi connectivity index (χ3n) is 2.70. The quantitative estimate of drug-likeness (QED) is 0.588. The minimum atomic E-state index is 0.443. The van der Waals surface area contributed by atoms with E-state index in [-0.39, 0.29) is 0 Å². The molecule has 0 amide bonds. The van der Waals surface area contributed by atoms with Crippen molar-refractivity contribution in [3.8, 4) is 11.5 Å². The summed E-state index contributed by atoms with van der Waals surface area (Å²) in [6, 6.07) is 15.0. The van der Waals surface area contributed by atoms with Crippen LogP contribution >= 0.6 is 0 Å². The van der Waals surface area contributed by atoms with E-state index in [1.54, 1.807) is 12.1 Å². The molecule has 0 unspecified atom stereocenters. The van der Waals surface area contributed by atoms with Crippen LogP contribution in [-0.2, 0) is 0 Å². The zero-order chi connectivity index (χ0) is 13.5. The number of para-hydroxylation sites is 1. The Morgan fingerprint density at radius 1 is 1.00 bits per heavy atom. The van der Waals surface area contributed by atoms with E-state index in [9.17, 15) is 4.79 Å². The smallest absolute Gasteiger partial charge is 0.150 e. The molecule has 3 heteroatoms. The summed E-state index contributed by atoms with van der Waals surface area (Å²) in [6.45, 7) is 2.86. The van der Waals surface area contributed by atoms with Crippen molar-refractivity contribution < 1.29 is 14.3 Å². The molecule has 0 spiro atoms. The first kappa shape index (κ1) is 13.1. The van der Waals surface area contributed by atoms with Gasteiger partial charge in [-0.25, -0.2) is 0 Å². The number of hydrogen-bond donors (Lipinski definition) is 0. The lowest BCUT2D eigenvalue weighted by molar-refractivity contribution is 0.112. The van der Waals surface area contributed by atoms with Gasteiger partial charge in [-0.3, -0.25) is 4.79 Å². The Morgan fingerprint density at radius 2 is 1.74 bits per heavy atom. The average molecular weight is 256 g/mol. The molecule has 0 atom stereocenters. The molecule has 0 heterocycles. The second-order valence-electron chi connectivity index (χ2n) is 4.15. The summed E-state index contributed by atoms with van der Waals surface area (Å²) in [4.78, 5) is 10.7. The average Bonchev–Trinajstić information content (AvgIpc) is 2.46. The molecule has 3 nitrogen and oxygen atoms in total. The van der Waals surface area contributed by atoms with Gasteiger partial charge in [0.05, 0.1) is 0 Å². The molecule has 19 heavy (non-hydrogen) atoms. The van der Waals surface area contributed by atoms with E-state index in [1.165, 1.54) is 0 Å². The summed E-state index contributed by atoms with van der Waals surface area (Å²) >= 11 is 0. The lowest BCUT2D eigenvalue weighted by Crippen LogP contribution is -2.09. The van der Waals surface area contributed by atoms with Crippen LogP contribution in [0.4, 0.5) is 0 Å². The number of hydrogen-bond acceptors (Lipinski definition) is 3. The van der Waals surface area contributed by atoms with Crippen LogP contribution in [0.3, 0.4) is 0 Å². The van der Waals surface area contributed by atoms with Gasteiger partial charge < -0.3 is 9.47 Å². The van der Waals surface area contributed by atoms with Crippen molar-refractivity contribution in [1.82, 2.24) is 0 Å². The topological polar surface area (TPSA) is 35.5 Å². The Bertz CT molecular complexity index is 535. The molecule has 0 bridgehead atoms. The summed E-state index contributed by atoms with van der Waals surface area (Å²) in [5.41, 5.74) is 1.62. The van der Waals surface area contributed by atoms with E-state index in [1.807, 2.05) is 43.3 Å². The third kappa shape index (κ3) is 3.85. The van der Waals surface area contributed by atoms with Gasteiger partial charge in [-0.15, -0.1) is 0 Å². The highest BCUT2D eigenvalue weighted by molar-refractivity contribution is 5.75. The molecule has 0 saturated carbocycles. The molecular formula is C16H16O3. The SMILES string of the molecule is Cc1ccc(C=O)cc1OCCOc1ccccc1. The minimum absolute atomic E-state index is 0.443. The van der Waals surface area contributed by atoms with Crippen molar-refractivity contribution in [2.45, 2.75) is 6.92 Å². The first-order chi connectivity index (χ1) is 9.29. The van der Waals surface area contributed by atoms with Crippen LogP contribution in [0.5, 0.6) is 11.5 Å². The van der Waals surface area contributed by atoms with E-state index in [4.69, 9.17) is 9.47 Å². The fraction of sp³-hybridized carbons (Fsp3) is 0.188. The van der Waals surface area contributed by atoms with Gasteiger partial charge >= 0.3 is 0 Å². The Kier molecular flexibility index (Phi) is 4.56. The second-order valence-corrected chi connectivity index (χ2v) is 4.15. The summed E-state index contributed by atoms with van der Waals surface area (Å²) in [5, 5.41) is 0. The molecule has 2 aromatic carbocycles. The van der Waals surface area contributed by atoms with Gasteiger partial charge in [0.2, 0.25) is 0 Å². The third-order valence-corrected chi connectivity index (χ3v) is 2.70. The first-order valence-corrected chi connectivity index (χ1v) is 6.16. The highest BCUT2D eigenvalue weighted by Gasteiger charge is 2.01. The van der Waals surface area contributed by atoms with Crippen LogP contribution < -0.4 is 9.47 Å². The van der Waals surface area contributed by atoms with Gasteiger partial charge in [-0.1, -0.05) is 30.3 Å². The fourth-order valence-corrected chi connectivity index (χ4v) is 1.67. The lowest BCUT2D eigenvalue weighted by Gasteiger charge is -2.10. The lowest BCUT2D eigenvalue weighted by atomic mass is 10.1. The maximum atomic E-state index is 10.7. The number of aldehydes is 1. The van der Waals surface area contributed by atoms with Crippen molar-refractivity contribution in [2.24, 2.45) is 0 Å². The van der Waals surface area contributed by atoms with Crippen LogP contribution in [0.2, 0.25) is 0 Å². The number of carbonyl (C=O) groups excluding carboxylic acids is 1. The highest BCUT2D eigenvalue weighted by Crippen LogP contribution is 2.18. The number of ether oxygens (including phenoxy) is 2. The summed E-state index contributed by atoms with van der Waals surface area (Å²) in [6.07, 6.45) is 0.812. The van der Waals surface area contributed by atoms with E-state index in [0.717, 1.165) is 23.3 Å². The molecule has 0 radical (unpaired) electrons. The van der Waals surface area contributed by atoms with Gasteiger partial charge in [0.15, 0.2) is 0 Å². The zero-order valence-electron chi connectivity index (χ0n) is 10.8. The van der Waals surface area contributed by atoms with Crippen LogP contribution in [-0.4, -0.2) is 19.5 Å². The van der Waals surface area contributed by atoms with Crippen LogP contribution in [0.1, 0.15) is 15.9 Å². The fourth-order valence-electron chi connectivity index (χ4n) is 1.67. The Morgan fingerprint density at radius 3 is 2.47 bits per heavy atom. The largest absolute Gasteiger partial charge is 0.490 e. The monoisotopic (exact) mass is 256 g/mol. The van der Waals surface area contributed by atoms with E-state index >= 15 is 0 Å². The Balaban J connectivity index is 1.84. The van der Waals surface area contributed by atoms with Gasteiger partial charge in [-0.05, 0) is 30.7 Å². The molecule has 0 saturated heterocycles. The molecular weight excluding hydrogens is 240 g/mol. The molecule has 0 fully saturated rings. The van der Waals surface area contributed by atoms with Gasteiger partial charge in [-0.2, -0.15) is 0 Å². The van der Waals surface area contributed by atoms with Crippen molar-refractivity contribution in [3.05, 3.63) is 59.7 Å². The van der Waals surface area contributed by atoms with Crippen molar-refractivity contribution in [1.29, 1.82) is 0 Å². The van der Waals surface area contributed by atoms with Crippen LogP contribution in [0, 0.1) is 6.92 Å². The maximum Gasteiger partial charge on any atom is 0.150 e. The molecule has 0 aliphatic rings. The van der Waals surface area contributed by atoms with Crippen molar-refractivity contribution in [3.63, 3.8) is 0 Å². The highest BCUT2D eigenvalue weighted by atomic mass is 16.5. The zero-order valence-corrected chi connectivity index (χ0v) is 10.8. The summed E-state index contributed by atoms with van der Waals surface area (Å²) in [7, 11) is 0. The predicted octanol–water partition coefficient (Wildman–Crippen LogP) is 3.27. The van der Waals surface area contributed by atoms with E-state index in [0.29, 0.717) is 18.8 Å². The minimum Gasteiger partial charge on any atom is -0.490 e. The van der Waals surface area contributed by atoms with Gasteiger partial charge in [0.1, 0.15) is 31.0 Å². The molecule has 98 valence electrons. The molecule has 0 aliphatic heterocycles. The van der Waals surface area contributed by atoms with E-state index < -0.39 is 0 Å². The van der Waals surface area contributed by atoms with Crippen LogP contribution in [0.25, 0.3) is 0 Å². The normalized spacial score (nSPS) is 9.95. The Hall–Kier alpha value is -2.29. The molecule has 0 aliphatic carbocycles. The second kappa shape index (κ2) is 6.59. The summed E-state index contributed by atoms with van der Waals surface area (Å²) in [5.74, 6) is 1.55. The van der Waals surface area contributed by atoms with Crippen LogP contribution in [0.15, 0.2) is 48.5 Å². The number of benzene rings is 2. The van der Waals surface area contributed by atoms with Crippen molar-refractivity contribution in [2.75, 3.05) is 13.2 Å². The number of rotatable bonds is 6. The standard InChI is InChI=1S/C16H16O3/c1-13-7-8-14(12-17)11-16(13)19-10-9-18-15-5-3-2-4-6-15/h2-8,11-12H,9-10H2,1H3. The first-order valence-electron chi connectivity index (χ1n) is 6.16. The van der Waals surface area contributed by atoms with Crippen molar-refractivity contribution >= 4 is 6.29 Å².